The van der Waals surface area contributed by atoms with Crippen LogP contribution >= 0.6 is 0 Å². The molecule has 29 heavy (non-hydrogen) atoms. The quantitative estimate of drug-likeness (QED) is 0.626. The fourth-order valence-electron chi connectivity index (χ4n) is 3.09. The fraction of sp³-hybridized carbons (Fsp3) is 0.174. The van der Waals surface area contributed by atoms with Crippen LogP contribution in [0.4, 0.5) is 5.69 Å². The minimum Gasteiger partial charge on any atom is -0.346 e. The van der Waals surface area contributed by atoms with Crippen molar-refractivity contribution >= 4 is 21.6 Å². The molecule has 5 nitrogen and oxygen atoms in total. The molecule has 3 aromatic carbocycles. The van der Waals surface area contributed by atoms with Crippen molar-refractivity contribution in [2.24, 2.45) is 0 Å². The lowest BCUT2D eigenvalue weighted by atomic mass is 10.0. The zero-order valence-corrected chi connectivity index (χ0v) is 17.5. The predicted octanol–water partition coefficient (Wildman–Crippen LogP) is 4.60. The van der Waals surface area contributed by atoms with E-state index in [9.17, 15) is 13.2 Å². The predicted molar refractivity (Wildman–Crippen MR) is 115 cm³/mol. The molecule has 2 N–H and O–H groups in total. The highest BCUT2D eigenvalue weighted by Crippen LogP contribution is 2.20. The van der Waals surface area contributed by atoms with Gasteiger partial charge in [0.25, 0.3) is 15.9 Å². The fourth-order valence-corrected chi connectivity index (χ4v) is 4.14. The lowest BCUT2D eigenvalue weighted by Crippen LogP contribution is -2.27. The molecule has 6 heteroatoms. The van der Waals surface area contributed by atoms with Gasteiger partial charge in [-0.1, -0.05) is 48.0 Å². The van der Waals surface area contributed by atoms with E-state index in [1.165, 1.54) is 6.07 Å². The molecule has 1 atom stereocenters. The molecule has 0 aliphatic heterocycles. The summed E-state index contributed by atoms with van der Waals surface area (Å²) in [6.07, 6.45) is 0. The molecule has 0 spiro atoms. The lowest BCUT2D eigenvalue weighted by molar-refractivity contribution is 0.0940. The van der Waals surface area contributed by atoms with Gasteiger partial charge in [0.15, 0.2) is 0 Å². The number of amides is 1. The Kier molecular flexibility index (Phi) is 6.03. The summed E-state index contributed by atoms with van der Waals surface area (Å²) in [4.78, 5) is 12.8. The van der Waals surface area contributed by atoms with Gasteiger partial charge >= 0.3 is 0 Å². The summed E-state index contributed by atoms with van der Waals surface area (Å²) >= 11 is 0. The second kappa shape index (κ2) is 8.49. The standard InChI is InChI=1S/C23H24N2O3S/c1-16-11-13-21(14-12-16)29(27,28)25-20-9-6-8-19(15-20)23(26)24-18(3)22-10-5-4-7-17(22)2/h4-15,18,25H,1-3H3,(H,24,26)/t18-/m1/s1. The van der Waals surface area contributed by atoms with Crippen LogP contribution in [-0.2, 0) is 10.0 Å². The normalized spacial score (nSPS) is 12.2. The number of anilines is 1. The van der Waals surface area contributed by atoms with E-state index in [-0.39, 0.29) is 16.8 Å². The number of carbonyl (C=O) groups excluding carboxylic acids is 1. The van der Waals surface area contributed by atoms with Crippen molar-refractivity contribution in [3.05, 3.63) is 95.1 Å². The summed E-state index contributed by atoms with van der Waals surface area (Å²) < 4.78 is 27.7. The first kappa shape index (κ1) is 20.6. The van der Waals surface area contributed by atoms with Crippen LogP contribution in [0.2, 0.25) is 0 Å². The van der Waals surface area contributed by atoms with Crippen molar-refractivity contribution in [2.75, 3.05) is 4.72 Å². The Hall–Kier alpha value is -3.12. The number of aryl methyl sites for hydroxylation is 2. The van der Waals surface area contributed by atoms with Gasteiger partial charge in [-0.2, -0.15) is 0 Å². The van der Waals surface area contributed by atoms with Crippen LogP contribution in [0.5, 0.6) is 0 Å². The molecule has 0 unspecified atom stereocenters. The summed E-state index contributed by atoms with van der Waals surface area (Å²) in [5, 5.41) is 2.97. The Balaban J connectivity index is 1.76. The highest BCUT2D eigenvalue weighted by atomic mass is 32.2. The molecule has 0 saturated carbocycles. The van der Waals surface area contributed by atoms with Crippen LogP contribution in [0.3, 0.4) is 0 Å². The molecule has 0 bridgehead atoms. The highest BCUT2D eigenvalue weighted by Gasteiger charge is 2.16. The summed E-state index contributed by atoms with van der Waals surface area (Å²) in [5.41, 5.74) is 3.83. The van der Waals surface area contributed by atoms with Crippen LogP contribution in [-0.4, -0.2) is 14.3 Å². The Morgan fingerprint density at radius 1 is 0.897 bits per heavy atom. The summed E-state index contributed by atoms with van der Waals surface area (Å²) in [6.45, 7) is 5.81. The highest BCUT2D eigenvalue weighted by molar-refractivity contribution is 7.92. The van der Waals surface area contributed by atoms with Crippen molar-refractivity contribution in [1.29, 1.82) is 0 Å². The molecule has 0 aromatic heterocycles. The number of benzene rings is 3. The zero-order valence-electron chi connectivity index (χ0n) is 16.6. The summed E-state index contributed by atoms with van der Waals surface area (Å²) in [5.74, 6) is -0.267. The third kappa shape index (κ3) is 5.03. The number of hydrogen-bond donors (Lipinski definition) is 2. The molecular formula is C23H24N2O3S. The molecule has 3 aromatic rings. The van der Waals surface area contributed by atoms with E-state index in [4.69, 9.17) is 0 Å². The van der Waals surface area contributed by atoms with Crippen molar-refractivity contribution in [3.63, 3.8) is 0 Å². The first-order valence-corrected chi connectivity index (χ1v) is 10.8. The Bertz CT molecular complexity index is 1120. The smallest absolute Gasteiger partial charge is 0.261 e. The molecule has 1 amide bonds. The number of sulfonamides is 1. The average Bonchev–Trinajstić information content (AvgIpc) is 2.68. The largest absolute Gasteiger partial charge is 0.346 e. The SMILES string of the molecule is Cc1ccc(S(=O)(=O)Nc2cccc(C(=O)N[C@H](C)c3ccccc3C)c2)cc1. The minimum atomic E-state index is -3.73. The van der Waals surface area contributed by atoms with E-state index in [1.54, 1.807) is 42.5 Å². The second-order valence-corrected chi connectivity index (χ2v) is 8.73. The number of hydrogen-bond acceptors (Lipinski definition) is 3. The zero-order chi connectivity index (χ0) is 21.0. The van der Waals surface area contributed by atoms with Crippen LogP contribution in [0.1, 0.15) is 40.0 Å². The molecule has 3 rings (SSSR count). The minimum absolute atomic E-state index is 0.170. The monoisotopic (exact) mass is 408 g/mol. The van der Waals surface area contributed by atoms with Crippen molar-refractivity contribution in [1.82, 2.24) is 5.32 Å². The summed E-state index contributed by atoms with van der Waals surface area (Å²) in [6, 6.07) is 20.8. The van der Waals surface area contributed by atoms with Crippen molar-refractivity contribution < 1.29 is 13.2 Å². The first-order valence-electron chi connectivity index (χ1n) is 9.32. The van der Waals surface area contributed by atoms with E-state index in [1.807, 2.05) is 45.0 Å². The molecule has 0 heterocycles. The van der Waals surface area contributed by atoms with E-state index in [0.29, 0.717) is 11.3 Å². The number of rotatable bonds is 6. The van der Waals surface area contributed by atoms with Gasteiger partial charge in [-0.05, 0) is 62.2 Å². The average molecular weight is 409 g/mol. The van der Waals surface area contributed by atoms with Crippen LogP contribution in [0.25, 0.3) is 0 Å². The Morgan fingerprint density at radius 3 is 2.28 bits per heavy atom. The van der Waals surface area contributed by atoms with Gasteiger partial charge in [-0.25, -0.2) is 8.42 Å². The summed E-state index contributed by atoms with van der Waals surface area (Å²) in [7, 11) is -3.73. The lowest BCUT2D eigenvalue weighted by Gasteiger charge is -2.17. The van der Waals surface area contributed by atoms with Gasteiger partial charge in [0.1, 0.15) is 0 Å². The van der Waals surface area contributed by atoms with Crippen LogP contribution in [0, 0.1) is 13.8 Å². The molecule has 0 fully saturated rings. The first-order chi connectivity index (χ1) is 13.8. The van der Waals surface area contributed by atoms with Gasteiger partial charge < -0.3 is 5.32 Å². The molecule has 150 valence electrons. The van der Waals surface area contributed by atoms with E-state index in [2.05, 4.69) is 10.0 Å². The maximum absolute atomic E-state index is 12.7. The van der Waals surface area contributed by atoms with Gasteiger partial charge in [0.05, 0.1) is 10.9 Å². The van der Waals surface area contributed by atoms with Crippen LogP contribution in [0.15, 0.2) is 77.7 Å². The topological polar surface area (TPSA) is 75.3 Å². The second-order valence-electron chi connectivity index (χ2n) is 7.05. The van der Waals surface area contributed by atoms with Gasteiger partial charge in [0.2, 0.25) is 0 Å². The molecule has 0 aliphatic rings. The Labute approximate surface area is 171 Å². The van der Waals surface area contributed by atoms with E-state index in [0.717, 1.165) is 16.7 Å². The van der Waals surface area contributed by atoms with Crippen molar-refractivity contribution in [2.45, 2.75) is 31.7 Å². The molecule has 0 aliphatic carbocycles. The number of nitrogens with one attached hydrogen (secondary N) is 2. The molecule has 0 radical (unpaired) electrons. The maximum atomic E-state index is 12.7. The van der Waals surface area contributed by atoms with E-state index >= 15 is 0 Å². The van der Waals surface area contributed by atoms with Crippen LogP contribution < -0.4 is 10.0 Å². The molecule has 0 saturated heterocycles. The van der Waals surface area contributed by atoms with Crippen molar-refractivity contribution in [3.8, 4) is 0 Å². The van der Waals surface area contributed by atoms with E-state index < -0.39 is 10.0 Å². The third-order valence-corrected chi connectivity index (χ3v) is 6.11. The van der Waals surface area contributed by atoms with Gasteiger partial charge in [-0.15, -0.1) is 0 Å². The Morgan fingerprint density at radius 2 is 1.59 bits per heavy atom. The van der Waals surface area contributed by atoms with Gasteiger partial charge in [0, 0.05) is 11.3 Å². The third-order valence-electron chi connectivity index (χ3n) is 4.71. The van der Waals surface area contributed by atoms with Gasteiger partial charge in [-0.3, -0.25) is 9.52 Å². The number of carbonyl (C=O) groups is 1. The molecular weight excluding hydrogens is 384 g/mol. The maximum Gasteiger partial charge on any atom is 0.261 e.